The van der Waals surface area contributed by atoms with E-state index in [1.165, 1.54) is 0 Å². The molecule has 17 heavy (non-hydrogen) atoms. The van der Waals surface area contributed by atoms with E-state index >= 15 is 0 Å². The molecule has 6 nitrogen and oxygen atoms in total. The fourth-order valence-electron chi connectivity index (χ4n) is 1.34. The molecule has 1 heterocycles. The molecule has 0 spiro atoms. The molecule has 0 atom stereocenters. The van der Waals surface area contributed by atoms with E-state index in [2.05, 4.69) is 10.4 Å². The van der Waals surface area contributed by atoms with Crippen LogP contribution in [0.4, 0.5) is 10.5 Å². The summed E-state index contributed by atoms with van der Waals surface area (Å²) in [5, 5.41) is 15.6. The van der Waals surface area contributed by atoms with Gasteiger partial charge in [0.15, 0.2) is 0 Å². The normalized spacial score (nSPS) is 11.4. The molecule has 0 aliphatic rings. The van der Waals surface area contributed by atoms with E-state index in [-0.39, 0.29) is 6.61 Å². The lowest BCUT2D eigenvalue weighted by atomic mass is 10.2. The first-order valence-electron chi connectivity index (χ1n) is 5.45. The number of hydrogen-bond acceptors (Lipinski definition) is 4. The number of aliphatic hydroxyl groups excluding tert-OH is 1. The largest absolute Gasteiger partial charge is 0.444 e. The van der Waals surface area contributed by atoms with Gasteiger partial charge in [-0.15, -0.1) is 0 Å². The van der Waals surface area contributed by atoms with Gasteiger partial charge in [-0.3, -0.25) is 10.00 Å². The van der Waals surface area contributed by atoms with Crippen molar-refractivity contribution in [2.45, 2.75) is 32.8 Å². The second-order valence-electron chi connectivity index (χ2n) is 4.76. The van der Waals surface area contributed by atoms with E-state index in [1.807, 2.05) is 0 Å². The third-order valence-electron chi connectivity index (χ3n) is 1.89. The van der Waals surface area contributed by atoms with Crippen molar-refractivity contribution in [1.29, 1.82) is 0 Å². The van der Waals surface area contributed by atoms with Gasteiger partial charge in [-0.1, -0.05) is 0 Å². The van der Waals surface area contributed by atoms with E-state index < -0.39 is 11.7 Å². The molecule has 1 amide bonds. The topological polar surface area (TPSA) is 76.4 Å². The Balaban J connectivity index is 2.70. The highest BCUT2D eigenvalue weighted by Crippen LogP contribution is 2.15. The molecule has 0 aliphatic heterocycles. The summed E-state index contributed by atoms with van der Waals surface area (Å²) in [6.07, 6.45) is 1.55. The molecule has 96 valence electrons. The summed E-state index contributed by atoms with van der Waals surface area (Å²) >= 11 is 0. The summed E-state index contributed by atoms with van der Waals surface area (Å²) in [6, 6.07) is 0. The van der Waals surface area contributed by atoms with Gasteiger partial charge in [0.2, 0.25) is 0 Å². The third kappa shape index (κ3) is 4.44. The molecule has 1 rings (SSSR count). The van der Waals surface area contributed by atoms with E-state index in [4.69, 9.17) is 9.84 Å². The van der Waals surface area contributed by atoms with Crippen LogP contribution < -0.4 is 5.32 Å². The lowest BCUT2D eigenvalue weighted by molar-refractivity contribution is 0.0635. The molecule has 1 aromatic rings. The molecular formula is C11H19N3O3. The second kappa shape index (κ2) is 5.18. The van der Waals surface area contributed by atoms with Crippen LogP contribution in [0.3, 0.4) is 0 Å². The summed E-state index contributed by atoms with van der Waals surface area (Å²) in [4.78, 5) is 11.6. The number of anilines is 1. The van der Waals surface area contributed by atoms with Crippen molar-refractivity contribution in [1.82, 2.24) is 9.78 Å². The Morgan fingerprint density at radius 2 is 2.24 bits per heavy atom. The Kier molecular flexibility index (Phi) is 4.11. The number of nitrogens with one attached hydrogen (secondary N) is 1. The maximum absolute atomic E-state index is 11.6. The average molecular weight is 241 g/mol. The van der Waals surface area contributed by atoms with Crippen molar-refractivity contribution in [3.63, 3.8) is 0 Å². The molecule has 0 saturated heterocycles. The summed E-state index contributed by atoms with van der Waals surface area (Å²) in [7, 11) is 1.75. The van der Waals surface area contributed by atoms with E-state index in [0.717, 1.165) is 0 Å². The van der Waals surface area contributed by atoms with Crippen LogP contribution in [0.25, 0.3) is 0 Å². The predicted octanol–water partition coefficient (Wildman–Crippen LogP) is 1.30. The molecule has 0 radical (unpaired) electrons. The molecule has 6 heteroatoms. The van der Waals surface area contributed by atoms with Crippen LogP contribution in [0, 0.1) is 0 Å². The quantitative estimate of drug-likeness (QED) is 0.836. The zero-order valence-electron chi connectivity index (χ0n) is 10.6. The Morgan fingerprint density at radius 1 is 1.59 bits per heavy atom. The summed E-state index contributed by atoms with van der Waals surface area (Å²) < 4.78 is 6.72. The molecule has 1 aromatic heterocycles. The van der Waals surface area contributed by atoms with Gasteiger partial charge in [0.1, 0.15) is 5.60 Å². The predicted molar refractivity (Wildman–Crippen MR) is 63.9 cm³/mol. The second-order valence-corrected chi connectivity index (χ2v) is 4.76. The van der Waals surface area contributed by atoms with Crippen LogP contribution in [0.5, 0.6) is 0 Å². The van der Waals surface area contributed by atoms with Crippen molar-refractivity contribution in [3.8, 4) is 0 Å². The van der Waals surface area contributed by atoms with Crippen LogP contribution >= 0.6 is 0 Å². The fraction of sp³-hybridized carbons (Fsp3) is 0.636. The minimum atomic E-state index is -0.538. The highest BCUT2D eigenvalue weighted by atomic mass is 16.6. The smallest absolute Gasteiger partial charge is 0.412 e. The number of carbonyl (C=O) groups excluding carboxylic acids is 1. The van der Waals surface area contributed by atoms with Gasteiger partial charge in [-0.2, -0.15) is 5.10 Å². The zero-order valence-corrected chi connectivity index (χ0v) is 10.6. The van der Waals surface area contributed by atoms with E-state index in [0.29, 0.717) is 17.8 Å². The van der Waals surface area contributed by atoms with Gasteiger partial charge in [0.25, 0.3) is 0 Å². The number of carbonyl (C=O) groups is 1. The first-order chi connectivity index (χ1) is 7.81. The minimum absolute atomic E-state index is 0.0139. The highest BCUT2D eigenvalue weighted by Gasteiger charge is 2.18. The van der Waals surface area contributed by atoms with Gasteiger partial charge in [-0.05, 0) is 20.8 Å². The Morgan fingerprint density at radius 3 is 2.76 bits per heavy atom. The number of aliphatic hydroxyl groups is 1. The molecule has 0 aliphatic carbocycles. The SMILES string of the molecule is Cn1cc(NC(=O)OC(C)(C)C)c(CCO)n1. The molecule has 0 fully saturated rings. The molecule has 0 saturated carbocycles. The van der Waals surface area contributed by atoms with Gasteiger partial charge in [0, 0.05) is 26.3 Å². The van der Waals surface area contributed by atoms with Crippen LogP contribution in [-0.4, -0.2) is 33.2 Å². The van der Waals surface area contributed by atoms with Gasteiger partial charge < -0.3 is 9.84 Å². The number of hydrogen-bond donors (Lipinski definition) is 2. The first kappa shape index (κ1) is 13.5. The van der Waals surface area contributed by atoms with Crippen molar-refractivity contribution >= 4 is 11.8 Å². The lowest BCUT2D eigenvalue weighted by Gasteiger charge is -2.19. The number of ether oxygens (including phenoxy) is 1. The third-order valence-corrected chi connectivity index (χ3v) is 1.89. The van der Waals surface area contributed by atoms with Crippen molar-refractivity contribution in [2.75, 3.05) is 11.9 Å². The molecular weight excluding hydrogens is 222 g/mol. The Labute approximate surface area is 101 Å². The Bertz CT molecular complexity index is 393. The van der Waals surface area contributed by atoms with Crippen LogP contribution in [0.2, 0.25) is 0 Å². The summed E-state index contributed by atoms with van der Waals surface area (Å²) in [6.45, 7) is 5.37. The fourth-order valence-corrected chi connectivity index (χ4v) is 1.34. The molecule has 0 unspecified atom stereocenters. The van der Waals surface area contributed by atoms with Crippen LogP contribution in [0.1, 0.15) is 26.5 Å². The van der Waals surface area contributed by atoms with Crippen molar-refractivity contribution in [3.05, 3.63) is 11.9 Å². The number of aryl methyl sites for hydroxylation is 1. The number of rotatable bonds is 3. The van der Waals surface area contributed by atoms with Gasteiger partial charge in [-0.25, -0.2) is 4.79 Å². The molecule has 0 aromatic carbocycles. The minimum Gasteiger partial charge on any atom is -0.444 e. The standard InChI is InChI=1S/C11H19N3O3/c1-11(2,3)17-10(16)12-9-7-14(4)13-8(9)5-6-15/h7,15H,5-6H2,1-4H3,(H,12,16). The van der Waals surface area contributed by atoms with Crippen LogP contribution in [0.15, 0.2) is 6.20 Å². The van der Waals surface area contributed by atoms with Gasteiger partial charge >= 0.3 is 6.09 Å². The van der Waals surface area contributed by atoms with Crippen LogP contribution in [-0.2, 0) is 18.2 Å². The summed E-state index contributed by atoms with van der Waals surface area (Å²) in [5.41, 5.74) is 0.667. The Hall–Kier alpha value is -1.56. The molecule has 0 bridgehead atoms. The number of aromatic nitrogens is 2. The first-order valence-corrected chi connectivity index (χ1v) is 5.45. The van der Waals surface area contributed by atoms with E-state index in [9.17, 15) is 4.79 Å². The maximum Gasteiger partial charge on any atom is 0.412 e. The maximum atomic E-state index is 11.6. The van der Waals surface area contributed by atoms with Crippen molar-refractivity contribution < 1.29 is 14.6 Å². The van der Waals surface area contributed by atoms with E-state index in [1.54, 1.807) is 38.7 Å². The highest BCUT2D eigenvalue weighted by molar-refractivity contribution is 5.85. The summed E-state index contributed by atoms with van der Waals surface area (Å²) in [5.74, 6) is 0. The zero-order chi connectivity index (χ0) is 13.1. The number of nitrogens with zero attached hydrogens (tertiary/aromatic N) is 2. The van der Waals surface area contributed by atoms with Crippen molar-refractivity contribution in [2.24, 2.45) is 7.05 Å². The van der Waals surface area contributed by atoms with Gasteiger partial charge in [0.05, 0.1) is 11.4 Å². The number of amides is 1. The average Bonchev–Trinajstić information content (AvgIpc) is 2.43. The lowest BCUT2D eigenvalue weighted by Crippen LogP contribution is -2.27. The molecule has 2 N–H and O–H groups in total. The monoisotopic (exact) mass is 241 g/mol.